The van der Waals surface area contributed by atoms with Crippen molar-refractivity contribution in [2.45, 2.75) is 20.4 Å². The normalized spacial score (nSPS) is 10.8. The van der Waals surface area contributed by atoms with Gasteiger partial charge in [-0.15, -0.1) is 0 Å². The van der Waals surface area contributed by atoms with Gasteiger partial charge in [-0.1, -0.05) is 13.8 Å². The van der Waals surface area contributed by atoms with Crippen molar-refractivity contribution in [3.05, 3.63) is 35.1 Å². The van der Waals surface area contributed by atoms with Crippen LogP contribution in [-0.4, -0.2) is 18.5 Å². The fourth-order valence-electron chi connectivity index (χ4n) is 1.78. The number of nitrogens with zero attached hydrogens (tertiary/aromatic N) is 2. The highest BCUT2D eigenvalue weighted by Crippen LogP contribution is 2.13. The highest BCUT2D eigenvalue weighted by molar-refractivity contribution is 5.37. The van der Waals surface area contributed by atoms with Crippen molar-refractivity contribution in [2.75, 3.05) is 13.6 Å². The molecule has 86 valence electrons. The molecule has 0 fully saturated rings. The van der Waals surface area contributed by atoms with Gasteiger partial charge in [-0.3, -0.25) is 0 Å². The van der Waals surface area contributed by atoms with Crippen LogP contribution in [0.3, 0.4) is 0 Å². The summed E-state index contributed by atoms with van der Waals surface area (Å²) < 4.78 is 13.1. The number of halogens is 1. The molecule has 0 aliphatic carbocycles. The van der Waals surface area contributed by atoms with Crippen molar-refractivity contribution in [3.63, 3.8) is 0 Å². The van der Waals surface area contributed by atoms with E-state index in [2.05, 4.69) is 24.8 Å². The van der Waals surface area contributed by atoms with Gasteiger partial charge in [-0.25, -0.2) is 4.39 Å². The zero-order valence-electron chi connectivity index (χ0n) is 10.00. The third kappa shape index (κ3) is 3.63. The quantitative estimate of drug-likeness (QED) is 0.780. The zero-order valence-corrected chi connectivity index (χ0v) is 10.00. The number of rotatable bonds is 4. The van der Waals surface area contributed by atoms with E-state index < -0.39 is 0 Å². The first-order valence-corrected chi connectivity index (χ1v) is 5.40. The Labute approximate surface area is 96.3 Å². The molecule has 0 saturated heterocycles. The maximum Gasteiger partial charge on any atom is 0.123 e. The average molecular weight is 220 g/mol. The van der Waals surface area contributed by atoms with Crippen molar-refractivity contribution in [3.8, 4) is 6.07 Å². The molecule has 0 heterocycles. The van der Waals surface area contributed by atoms with Crippen LogP contribution in [0.15, 0.2) is 18.2 Å². The summed E-state index contributed by atoms with van der Waals surface area (Å²) >= 11 is 0. The summed E-state index contributed by atoms with van der Waals surface area (Å²) in [5.74, 6) is 0.274. The summed E-state index contributed by atoms with van der Waals surface area (Å²) in [6, 6.07) is 6.39. The zero-order chi connectivity index (χ0) is 12.1. The van der Waals surface area contributed by atoms with Gasteiger partial charge in [0.2, 0.25) is 0 Å². The Kier molecular flexibility index (Phi) is 4.45. The van der Waals surface area contributed by atoms with Crippen LogP contribution in [0.1, 0.15) is 25.0 Å². The molecule has 0 radical (unpaired) electrons. The molecule has 0 aliphatic heterocycles. The lowest BCUT2D eigenvalue weighted by Crippen LogP contribution is -2.23. The Bertz CT molecular complexity index is 393. The van der Waals surface area contributed by atoms with Crippen molar-refractivity contribution in [1.29, 1.82) is 5.26 Å². The molecule has 1 aromatic rings. The highest BCUT2D eigenvalue weighted by atomic mass is 19.1. The van der Waals surface area contributed by atoms with Gasteiger partial charge in [0.25, 0.3) is 0 Å². The van der Waals surface area contributed by atoms with Gasteiger partial charge in [-0.2, -0.15) is 5.26 Å². The molecule has 0 bridgehead atoms. The van der Waals surface area contributed by atoms with Crippen LogP contribution in [0.25, 0.3) is 0 Å². The molecule has 0 amide bonds. The molecular weight excluding hydrogens is 203 g/mol. The summed E-state index contributed by atoms with van der Waals surface area (Å²) in [5, 5.41) is 8.91. The first kappa shape index (κ1) is 12.7. The molecule has 0 aromatic heterocycles. The molecule has 0 N–H and O–H groups in total. The fourth-order valence-corrected chi connectivity index (χ4v) is 1.78. The fraction of sp³-hybridized carbons (Fsp3) is 0.462. The largest absolute Gasteiger partial charge is 0.302 e. The summed E-state index contributed by atoms with van der Waals surface area (Å²) in [4.78, 5) is 2.10. The van der Waals surface area contributed by atoms with Crippen LogP contribution in [0.4, 0.5) is 4.39 Å². The second-order valence-electron chi connectivity index (χ2n) is 4.50. The molecular formula is C13H17FN2. The summed E-state index contributed by atoms with van der Waals surface area (Å²) in [6.07, 6.45) is 0. The van der Waals surface area contributed by atoms with Crippen LogP contribution in [-0.2, 0) is 6.54 Å². The lowest BCUT2D eigenvalue weighted by molar-refractivity contribution is 0.288. The lowest BCUT2D eigenvalue weighted by atomic mass is 10.1. The molecule has 0 spiro atoms. The predicted octanol–water partition coefficient (Wildman–Crippen LogP) is 2.79. The molecule has 2 nitrogen and oxygen atoms in total. The van der Waals surface area contributed by atoms with E-state index in [1.165, 1.54) is 18.2 Å². The Morgan fingerprint density at radius 3 is 2.69 bits per heavy atom. The van der Waals surface area contributed by atoms with E-state index in [-0.39, 0.29) is 5.82 Å². The average Bonchev–Trinajstić information content (AvgIpc) is 2.16. The molecule has 0 saturated carbocycles. The van der Waals surface area contributed by atoms with Crippen molar-refractivity contribution in [1.82, 2.24) is 4.90 Å². The van der Waals surface area contributed by atoms with E-state index in [0.717, 1.165) is 12.1 Å². The molecule has 3 heteroatoms. The van der Waals surface area contributed by atoms with E-state index in [1.807, 2.05) is 7.05 Å². The molecule has 0 aliphatic rings. The third-order valence-corrected chi connectivity index (χ3v) is 2.30. The third-order valence-electron chi connectivity index (χ3n) is 2.30. The van der Waals surface area contributed by atoms with Crippen LogP contribution in [0, 0.1) is 23.1 Å². The van der Waals surface area contributed by atoms with E-state index in [4.69, 9.17) is 5.26 Å². The monoisotopic (exact) mass is 220 g/mol. The first-order chi connectivity index (χ1) is 7.52. The minimum atomic E-state index is -0.285. The number of hydrogen-bond acceptors (Lipinski definition) is 2. The van der Waals surface area contributed by atoms with E-state index in [0.29, 0.717) is 18.0 Å². The van der Waals surface area contributed by atoms with Crippen molar-refractivity contribution in [2.24, 2.45) is 5.92 Å². The maximum absolute atomic E-state index is 13.1. The second kappa shape index (κ2) is 5.62. The van der Waals surface area contributed by atoms with E-state index in [1.54, 1.807) is 0 Å². The minimum absolute atomic E-state index is 0.285. The van der Waals surface area contributed by atoms with Crippen LogP contribution < -0.4 is 0 Å². The van der Waals surface area contributed by atoms with Crippen molar-refractivity contribution >= 4 is 0 Å². The number of nitriles is 1. The van der Waals surface area contributed by atoms with Crippen LogP contribution in [0.5, 0.6) is 0 Å². The van der Waals surface area contributed by atoms with E-state index in [9.17, 15) is 4.39 Å². The SMILES string of the molecule is CC(C)CN(C)Cc1cc(F)ccc1C#N. The van der Waals surface area contributed by atoms with Gasteiger partial charge in [-0.05, 0) is 36.7 Å². The number of hydrogen-bond donors (Lipinski definition) is 0. The Hall–Kier alpha value is -1.40. The van der Waals surface area contributed by atoms with Crippen LogP contribution >= 0.6 is 0 Å². The Morgan fingerprint density at radius 2 is 2.12 bits per heavy atom. The number of benzene rings is 1. The predicted molar refractivity (Wildman–Crippen MR) is 62.3 cm³/mol. The van der Waals surface area contributed by atoms with Gasteiger partial charge >= 0.3 is 0 Å². The molecule has 0 unspecified atom stereocenters. The summed E-state index contributed by atoms with van der Waals surface area (Å²) in [7, 11) is 1.98. The van der Waals surface area contributed by atoms with Gasteiger partial charge in [0.15, 0.2) is 0 Å². The van der Waals surface area contributed by atoms with Gasteiger partial charge in [0.1, 0.15) is 5.82 Å². The smallest absolute Gasteiger partial charge is 0.123 e. The second-order valence-corrected chi connectivity index (χ2v) is 4.50. The molecule has 1 aromatic carbocycles. The molecule has 0 atom stereocenters. The first-order valence-electron chi connectivity index (χ1n) is 5.40. The highest BCUT2D eigenvalue weighted by Gasteiger charge is 2.08. The molecule has 1 rings (SSSR count). The van der Waals surface area contributed by atoms with Gasteiger partial charge in [0.05, 0.1) is 11.6 Å². The summed E-state index contributed by atoms with van der Waals surface area (Å²) in [5.41, 5.74) is 1.31. The topological polar surface area (TPSA) is 27.0 Å². The van der Waals surface area contributed by atoms with Crippen molar-refractivity contribution < 1.29 is 4.39 Å². The summed E-state index contributed by atoms with van der Waals surface area (Å²) in [6.45, 7) is 5.81. The standard InChI is InChI=1S/C13H17FN2/c1-10(2)8-16(3)9-12-6-13(14)5-4-11(12)7-15/h4-6,10H,8-9H2,1-3H3. The van der Waals surface area contributed by atoms with Crippen LogP contribution in [0.2, 0.25) is 0 Å². The minimum Gasteiger partial charge on any atom is -0.302 e. The Morgan fingerprint density at radius 1 is 1.44 bits per heavy atom. The van der Waals surface area contributed by atoms with E-state index >= 15 is 0 Å². The van der Waals surface area contributed by atoms with Gasteiger partial charge in [0, 0.05) is 13.1 Å². The van der Waals surface area contributed by atoms with Gasteiger partial charge < -0.3 is 4.90 Å². The Balaban J connectivity index is 2.80. The maximum atomic E-state index is 13.1. The lowest BCUT2D eigenvalue weighted by Gasteiger charge is -2.19. The molecule has 16 heavy (non-hydrogen) atoms.